The van der Waals surface area contributed by atoms with Crippen molar-refractivity contribution in [1.82, 2.24) is 20.1 Å². The predicted octanol–water partition coefficient (Wildman–Crippen LogP) is 4.83. The Labute approximate surface area is 197 Å². The van der Waals surface area contributed by atoms with E-state index in [2.05, 4.69) is 59.9 Å². The summed E-state index contributed by atoms with van der Waals surface area (Å²) in [6.07, 6.45) is 5.30. The minimum atomic E-state index is -0.0704. The van der Waals surface area contributed by atoms with Gasteiger partial charge in [0.1, 0.15) is 0 Å². The number of rotatable bonds is 7. The smallest absolute Gasteiger partial charge is 0.176 e. The van der Waals surface area contributed by atoms with Gasteiger partial charge in [0.25, 0.3) is 0 Å². The molecule has 2 aromatic heterocycles. The van der Waals surface area contributed by atoms with E-state index in [0.29, 0.717) is 0 Å². The molecule has 2 aromatic rings. The van der Waals surface area contributed by atoms with E-state index in [1.807, 2.05) is 19.2 Å². The molecule has 2 saturated heterocycles. The molecule has 4 rings (SSSR count). The van der Waals surface area contributed by atoms with Gasteiger partial charge in [0, 0.05) is 60.6 Å². The van der Waals surface area contributed by atoms with Crippen LogP contribution in [-0.2, 0) is 12.0 Å². The zero-order chi connectivity index (χ0) is 23.0. The first kappa shape index (κ1) is 23.8. The van der Waals surface area contributed by atoms with Crippen molar-refractivity contribution in [2.45, 2.75) is 65.0 Å². The maximum absolute atomic E-state index is 13.6. The van der Waals surface area contributed by atoms with Gasteiger partial charge >= 0.3 is 0 Å². The van der Waals surface area contributed by atoms with Gasteiger partial charge in [-0.15, -0.1) is 11.3 Å². The van der Waals surface area contributed by atoms with Crippen molar-refractivity contribution in [1.29, 1.82) is 0 Å². The molecule has 32 heavy (non-hydrogen) atoms. The summed E-state index contributed by atoms with van der Waals surface area (Å²) in [7, 11) is 0. The number of likely N-dealkylation sites (tertiary alicyclic amines) is 1. The van der Waals surface area contributed by atoms with Gasteiger partial charge < -0.3 is 5.32 Å². The summed E-state index contributed by atoms with van der Waals surface area (Å²) in [4.78, 5) is 11.1. The minimum absolute atomic E-state index is 0.0553. The molecule has 2 aliphatic heterocycles. The average molecular weight is 459 g/mol. The number of halogens is 1. The van der Waals surface area contributed by atoms with E-state index >= 15 is 0 Å². The van der Waals surface area contributed by atoms with Crippen LogP contribution in [0.25, 0.3) is 0 Å². The number of thiophene rings is 1. The molecule has 0 saturated carbocycles. The zero-order valence-electron chi connectivity index (χ0n) is 20.4. The summed E-state index contributed by atoms with van der Waals surface area (Å²) in [5.74, 6) is 0. The molecule has 0 spiro atoms. The van der Waals surface area contributed by atoms with Crippen molar-refractivity contribution in [2.75, 3.05) is 39.3 Å². The van der Waals surface area contributed by atoms with E-state index in [4.69, 9.17) is 0 Å². The minimum Gasteiger partial charge on any atom is -0.309 e. The SMILES string of the molecule is Cc1ccc(C(C)(C)N2CCC(CCc3ccc(F)s3)(CN3CCNC(C)(C)C3)C2)cn1. The molecule has 0 aromatic carbocycles. The second-order valence-corrected chi connectivity index (χ2v) is 12.3. The monoisotopic (exact) mass is 458 g/mol. The molecule has 1 unspecified atom stereocenters. The summed E-state index contributed by atoms with van der Waals surface area (Å²) in [6.45, 7) is 17.8. The van der Waals surface area contributed by atoms with Crippen molar-refractivity contribution in [2.24, 2.45) is 5.41 Å². The first-order valence-electron chi connectivity index (χ1n) is 12.0. The van der Waals surface area contributed by atoms with Gasteiger partial charge in [-0.2, -0.15) is 4.39 Å². The van der Waals surface area contributed by atoms with Crippen LogP contribution >= 0.6 is 11.3 Å². The van der Waals surface area contributed by atoms with E-state index in [-0.39, 0.29) is 21.6 Å². The highest BCUT2D eigenvalue weighted by Crippen LogP contribution is 2.42. The van der Waals surface area contributed by atoms with E-state index in [1.54, 1.807) is 6.07 Å². The topological polar surface area (TPSA) is 31.4 Å². The molecule has 1 N–H and O–H groups in total. The number of aromatic nitrogens is 1. The lowest BCUT2D eigenvalue weighted by Crippen LogP contribution is -2.59. The predicted molar refractivity (Wildman–Crippen MR) is 132 cm³/mol. The Kier molecular flexibility index (Phi) is 6.79. The number of hydrogen-bond donors (Lipinski definition) is 1. The van der Waals surface area contributed by atoms with Crippen LogP contribution in [0.5, 0.6) is 0 Å². The Morgan fingerprint density at radius 3 is 2.62 bits per heavy atom. The standard InChI is InChI=1S/C26H39FN4S/c1-20-6-7-21(16-28-20)25(4,5)31-14-12-26(19-31,11-10-22-8-9-23(27)32-22)18-30-15-13-29-24(2,3)17-30/h6-9,16,29H,10-15,17-19H2,1-5H3. The van der Waals surface area contributed by atoms with Crippen LogP contribution < -0.4 is 5.32 Å². The second-order valence-electron chi connectivity index (χ2n) is 11.1. The summed E-state index contributed by atoms with van der Waals surface area (Å²) in [5, 5.41) is 3.58. The molecule has 0 radical (unpaired) electrons. The van der Waals surface area contributed by atoms with Crippen molar-refractivity contribution < 1.29 is 4.39 Å². The van der Waals surface area contributed by atoms with Gasteiger partial charge in [-0.05, 0) is 89.6 Å². The normalized spacial score (nSPS) is 24.8. The fourth-order valence-corrected chi connectivity index (χ4v) is 6.29. The highest BCUT2D eigenvalue weighted by Gasteiger charge is 2.45. The molecule has 4 nitrogen and oxygen atoms in total. The highest BCUT2D eigenvalue weighted by molar-refractivity contribution is 7.10. The van der Waals surface area contributed by atoms with Gasteiger partial charge in [0.2, 0.25) is 0 Å². The number of nitrogens with one attached hydrogen (secondary N) is 1. The molecule has 2 aliphatic rings. The molecule has 6 heteroatoms. The molecule has 0 aliphatic carbocycles. The van der Waals surface area contributed by atoms with Crippen LogP contribution in [0.15, 0.2) is 30.5 Å². The Bertz CT molecular complexity index is 907. The van der Waals surface area contributed by atoms with Crippen molar-refractivity contribution in [3.63, 3.8) is 0 Å². The molecule has 4 heterocycles. The van der Waals surface area contributed by atoms with Gasteiger partial charge in [0.15, 0.2) is 5.13 Å². The van der Waals surface area contributed by atoms with Crippen LogP contribution in [0, 0.1) is 17.5 Å². The van der Waals surface area contributed by atoms with Crippen LogP contribution in [0.3, 0.4) is 0 Å². The van der Waals surface area contributed by atoms with Crippen LogP contribution in [0.4, 0.5) is 4.39 Å². The first-order chi connectivity index (χ1) is 15.1. The Morgan fingerprint density at radius 1 is 1.16 bits per heavy atom. The van der Waals surface area contributed by atoms with Crippen LogP contribution in [-0.4, -0.2) is 59.6 Å². The van der Waals surface area contributed by atoms with Crippen molar-refractivity contribution >= 4 is 11.3 Å². The van der Waals surface area contributed by atoms with E-state index < -0.39 is 0 Å². The molecular formula is C26H39FN4S. The third-order valence-electron chi connectivity index (χ3n) is 7.59. The molecule has 0 bridgehead atoms. The van der Waals surface area contributed by atoms with Gasteiger partial charge in [-0.25, -0.2) is 0 Å². The maximum Gasteiger partial charge on any atom is 0.176 e. The summed E-state index contributed by atoms with van der Waals surface area (Å²) in [5.41, 5.74) is 2.66. The molecule has 2 fully saturated rings. The quantitative estimate of drug-likeness (QED) is 0.644. The van der Waals surface area contributed by atoms with E-state index in [1.165, 1.54) is 28.2 Å². The van der Waals surface area contributed by atoms with Crippen LogP contribution in [0.1, 0.15) is 56.7 Å². The summed E-state index contributed by atoms with van der Waals surface area (Å²) >= 11 is 1.31. The number of hydrogen-bond acceptors (Lipinski definition) is 5. The fourth-order valence-electron chi connectivity index (χ4n) is 5.57. The lowest BCUT2D eigenvalue weighted by molar-refractivity contribution is 0.0738. The molecule has 0 amide bonds. The number of pyridine rings is 1. The lowest BCUT2D eigenvalue weighted by atomic mass is 9.80. The largest absolute Gasteiger partial charge is 0.309 e. The Hall–Kier alpha value is -1.34. The van der Waals surface area contributed by atoms with Gasteiger partial charge in [-0.3, -0.25) is 14.8 Å². The summed E-state index contributed by atoms with van der Waals surface area (Å²) in [6, 6.07) is 7.93. The maximum atomic E-state index is 13.6. The molecule has 1 atom stereocenters. The zero-order valence-corrected chi connectivity index (χ0v) is 21.2. The van der Waals surface area contributed by atoms with Crippen molar-refractivity contribution in [3.8, 4) is 0 Å². The Balaban J connectivity index is 1.53. The third-order valence-corrected chi connectivity index (χ3v) is 8.52. The highest BCUT2D eigenvalue weighted by atomic mass is 32.1. The van der Waals surface area contributed by atoms with Crippen molar-refractivity contribution in [3.05, 3.63) is 51.7 Å². The van der Waals surface area contributed by atoms with E-state index in [0.717, 1.165) is 57.8 Å². The Morgan fingerprint density at radius 2 is 1.97 bits per heavy atom. The number of nitrogens with zero attached hydrogens (tertiary/aromatic N) is 3. The molecule has 176 valence electrons. The third kappa shape index (κ3) is 5.41. The number of piperazine rings is 1. The number of aryl methyl sites for hydroxylation is 2. The van der Waals surface area contributed by atoms with Gasteiger partial charge in [0.05, 0.1) is 0 Å². The van der Waals surface area contributed by atoms with Crippen LogP contribution in [0.2, 0.25) is 0 Å². The fraction of sp³-hybridized carbons (Fsp3) is 0.654. The first-order valence-corrected chi connectivity index (χ1v) is 12.8. The lowest BCUT2D eigenvalue weighted by Gasteiger charge is -2.44. The molecular weight excluding hydrogens is 419 g/mol. The van der Waals surface area contributed by atoms with E-state index in [9.17, 15) is 4.39 Å². The summed E-state index contributed by atoms with van der Waals surface area (Å²) < 4.78 is 13.6. The van der Waals surface area contributed by atoms with Gasteiger partial charge in [-0.1, -0.05) is 6.07 Å². The second kappa shape index (κ2) is 9.13. The average Bonchev–Trinajstić information content (AvgIpc) is 3.33.